The fraction of sp³-hybridized carbons (Fsp3) is 0.300. The molecule has 0 aromatic heterocycles. The van der Waals surface area contributed by atoms with Gasteiger partial charge in [0, 0.05) is 16.6 Å². The largest absolute Gasteiger partial charge is 0.496 e. The number of hydrogen-bond acceptors (Lipinski definition) is 5. The van der Waals surface area contributed by atoms with Gasteiger partial charge < -0.3 is 10.1 Å². The lowest BCUT2D eigenvalue weighted by atomic mass is 9.82. The number of methoxy groups -OCH3 is 1. The Kier molecular flexibility index (Phi) is 6.31. The molecule has 1 atom stereocenters. The van der Waals surface area contributed by atoms with Crippen LogP contribution in [0.15, 0.2) is 47.4 Å². The highest BCUT2D eigenvalue weighted by molar-refractivity contribution is 7.89. The van der Waals surface area contributed by atoms with Crippen LogP contribution in [0.25, 0.3) is 0 Å². The molecule has 1 aliphatic heterocycles. The molecule has 2 aromatic carbocycles. The lowest BCUT2D eigenvalue weighted by Gasteiger charge is -2.31. The normalized spacial score (nSPS) is 19.9. The number of sulfonamides is 1. The predicted octanol–water partition coefficient (Wildman–Crippen LogP) is 2.90. The fourth-order valence-electron chi connectivity index (χ4n) is 3.30. The van der Waals surface area contributed by atoms with Crippen LogP contribution in [0, 0.1) is 5.41 Å². The van der Waals surface area contributed by atoms with Gasteiger partial charge in [-0.05, 0) is 61.4 Å². The minimum atomic E-state index is -4.26. The smallest absolute Gasteiger partial charge is 0.266 e. The molecule has 10 heteroatoms. The molecule has 2 aromatic rings. The molecule has 0 saturated carbocycles. The first-order valence-corrected chi connectivity index (χ1v) is 11.2. The summed E-state index contributed by atoms with van der Waals surface area (Å²) in [6.07, 6.45) is 0.114. The molecule has 1 saturated heterocycles. The maximum Gasteiger partial charge on any atom is 0.266 e. The Labute approximate surface area is 185 Å². The zero-order chi connectivity index (χ0) is 22.1. The molecule has 1 fully saturated rings. The van der Waals surface area contributed by atoms with Gasteiger partial charge in [0.25, 0.3) is 10.0 Å². The summed E-state index contributed by atoms with van der Waals surface area (Å²) in [5, 5.41) is 3.44. The summed E-state index contributed by atoms with van der Waals surface area (Å²) in [5.74, 6) is -0.753. The van der Waals surface area contributed by atoms with Gasteiger partial charge in [-0.25, -0.2) is 12.7 Å². The van der Waals surface area contributed by atoms with Crippen molar-refractivity contribution in [1.82, 2.24) is 9.62 Å². The molecular formula is C20H20Cl2N2O5S. The molecular weight excluding hydrogens is 451 g/mol. The number of carbonyl (C=O) groups excluding carboxylic acids is 2. The maximum atomic E-state index is 13.4. The molecule has 1 N–H and O–H groups in total. The summed E-state index contributed by atoms with van der Waals surface area (Å²) in [4.78, 5) is 25.6. The summed E-state index contributed by atoms with van der Waals surface area (Å²) >= 11 is 11.9. The van der Waals surface area contributed by atoms with Crippen LogP contribution in [0.1, 0.15) is 12.5 Å². The quantitative estimate of drug-likeness (QED) is 0.724. The van der Waals surface area contributed by atoms with Gasteiger partial charge in [-0.1, -0.05) is 23.2 Å². The average molecular weight is 471 g/mol. The summed E-state index contributed by atoms with van der Waals surface area (Å²) in [7, 11) is -2.78. The Balaban J connectivity index is 2.03. The van der Waals surface area contributed by atoms with Crippen molar-refractivity contribution in [2.45, 2.75) is 18.2 Å². The molecule has 7 nitrogen and oxygen atoms in total. The first kappa shape index (κ1) is 22.4. The number of ether oxygens (including phenoxy) is 1. The van der Waals surface area contributed by atoms with Gasteiger partial charge in [0.15, 0.2) is 0 Å². The van der Waals surface area contributed by atoms with Crippen LogP contribution in [-0.4, -0.2) is 44.7 Å². The van der Waals surface area contributed by atoms with Crippen molar-refractivity contribution in [3.05, 3.63) is 58.1 Å². The third kappa shape index (κ3) is 4.40. The van der Waals surface area contributed by atoms with Gasteiger partial charge in [-0.2, -0.15) is 0 Å². The van der Waals surface area contributed by atoms with Crippen LogP contribution in [0.2, 0.25) is 10.0 Å². The number of benzene rings is 2. The standard InChI is InChI=1S/C20H20Cl2N2O5S/c1-20(10-13-9-15(22)5-8-17(13)29-2)12-23-18(25)11-24(19(20)26)30(27,28)16-6-3-14(21)4-7-16/h3-9H,10-12H2,1-2H3,(H,23,25). The third-order valence-corrected chi connectivity index (χ3v) is 7.16. The van der Waals surface area contributed by atoms with E-state index in [0.717, 1.165) is 0 Å². The minimum Gasteiger partial charge on any atom is -0.496 e. The van der Waals surface area contributed by atoms with Gasteiger partial charge >= 0.3 is 0 Å². The van der Waals surface area contributed by atoms with Crippen LogP contribution < -0.4 is 10.1 Å². The highest BCUT2D eigenvalue weighted by Gasteiger charge is 2.45. The Morgan fingerprint density at radius 2 is 1.73 bits per heavy atom. The van der Waals surface area contributed by atoms with Crippen molar-refractivity contribution in [3.63, 3.8) is 0 Å². The molecule has 3 rings (SSSR count). The molecule has 30 heavy (non-hydrogen) atoms. The van der Waals surface area contributed by atoms with E-state index in [1.165, 1.54) is 31.4 Å². The van der Waals surface area contributed by atoms with Crippen molar-refractivity contribution >= 4 is 45.0 Å². The number of carbonyl (C=O) groups is 2. The van der Waals surface area contributed by atoms with Gasteiger partial charge in [-0.3, -0.25) is 9.59 Å². The first-order chi connectivity index (χ1) is 14.1. The van der Waals surface area contributed by atoms with Gasteiger partial charge in [0.2, 0.25) is 11.8 Å². The Bertz CT molecular complexity index is 1090. The number of hydrogen-bond donors (Lipinski definition) is 1. The van der Waals surface area contributed by atoms with E-state index in [1.54, 1.807) is 25.1 Å². The number of amides is 2. The summed E-state index contributed by atoms with van der Waals surface area (Å²) in [5.41, 5.74) is -0.621. The summed E-state index contributed by atoms with van der Waals surface area (Å²) < 4.78 is 32.3. The Morgan fingerprint density at radius 3 is 2.37 bits per heavy atom. The molecule has 0 aliphatic carbocycles. The minimum absolute atomic E-state index is 0.0347. The zero-order valence-corrected chi connectivity index (χ0v) is 18.6. The van der Waals surface area contributed by atoms with E-state index in [0.29, 0.717) is 25.7 Å². The summed E-state index contributed by atoms with van der Waals surface area (Å²) in [6.45, 7) is 0.963. The second kappa shape index (κ2) is 8.45. The van der Waals surface area contributed by atoms with Crippen LogP contribution in [0.3, 0.4) is 0 Å². The predicted molar refractivity (Wildman–Crippen MR) is 113 cm³/mol. The number of halogens is 2. The lowest BCUT2D eigenvalue weighted by molar-refractivity contribution is -0.135. The SMILES string of the molecule is COc1ccc(Cl)cc1CC1(C)CNC(=O)CN(S(=O)(=O)c2ccc(Cl)cc2)C1=O. The van der Waals surface area contributed by atoms with E-state index in [2.05, 4.69) is 5.32 Å². The van der Waals surface area contributed by atoms with Crippen molar-refractivity contribution in [3.8, 4) is 5.75 Å². The third-order valence-electron chi connectivity index (χ3n) is 4.93. The van der Waals surface area contributed by atoms with Crippen LogP contribution in [0.4, 0.5) is 0 Å². The van der Waals surface area contributed by atoms with Crippen molar-refractivity contribution < 1.29 is 22.7 Å². The topological polar surface area (TPSA) is 92.8 Å². The molecule has 160 valence electrons. The van der Waals surface area contributed by atoms with Gasteiger partial charge in [0.1, 0.15) is 12.3 Å². The molecule has 0 radical (unpaired) electrons. The van der Waals surface area contributed by atoms with Crippen molar-refractivity contribution in [2.75, 3.05) is 20.2 Å². The van der Waals surface area contributed by atoms with Crippen LogP contribution in [-0.2, 0) is 26.0 Å². The van der Waals surface area contributed by atoms with Crippen LogP contribution >= 0.6 is 23.2 Å². The molecule has 1 heterocycles. The Hall–Kier alpha value is -2.29. The highest BCUT2D eigenvalue weighted by Crippen LogP contribution is 2.34. The lowest BCUT2D eigenvalue weighted by Crippen LogP contribution is -2.47. The van der Waals surface area contributed by atoms with E-state index in [4.69, 9.17) is 27.9 Å². The van der Waals surface area contributed by atoms with Gasteiger partial charge in [-0.15, -0.1) is 0 Å². The van der Waals surface area contributed by atoms with E-state index in [9.17, 15) is 18.0 Å². The average Bonchev–Trinajstić information content (AvgIpc) is 2.81. The highest BCUT2D eigenvalue weighted by atomic mass is 35.5. The number of nitrogens with zero attached hydrogens (tertiary/aromatic N) is 1. The number of nitrogens with one attached hydrogen (secondary N) is 1. The monoisotopic (exact) mass is 470 g/mol. The molecule has 0 spiro atoms. The zero-order valence-electron chi connectivity index (χ0n) is 16.3. The second-order valence-corrected chi connectivity index (χ2v) is 9.98. The number of rotatable bonds is 5. The van der Waals surface area contributed by atoms with E-state index >= 15 is 0 Å². The van der Waals surface area contributed by atoms with Crippen LogP contribution in [0.5, 0.6) is 5.75 Å². The molecule has 1 aliphatic rings. The molecule has 0 bridgehead atoms. The first-order valence-electron chi connectivity index (χ1n) is 8.99. The molecule has 1 unspecified atom stereocenters. The van der Waals surface area contributed by atoms with Crippen molar-refractivity contribution in [2.24, 2.45) is 5.41 Å². The second-order valence-electron chi connectivity index (χ2n) is 7.24. The maximum absolute atomic E-state index is 13.4. The van der Waals surface area contributed by atoms with E-state index in [-0.39, 0.29) is 17.9 Å². The molecule has 2 amide bonds. The Morgan fingerprint density at radius 1 is 1.10 bits per heavy atom. The van der Waals surface area contributed by atoms with Crippen molar-refractivity contribution in [1.29, 1.82) is 0 Å². The van der Waals surface area contributed by atoms with Gasteiger partial charge in [0.05, 0.1) is 17.4 Å². The van der Waals surface area contributed by atoms with E-state index < -0.39 is 33.8 Å². The van der Waals surface area contributed by atoms with E-state index in [1.807, 2.05) is 0 Å². The fourth-order valence-corrected chi connectivity index (χ4v) is 5.08. The summed E-state index contributed by atoms with van der Waals surface area (Å²) in [6, 6.07) is 10.4.